The normalized spacial score (nSPS) is 15.3. The summed E-state index contributed by atoms with van der Waals surface area (Å²) in [6.07, 6.45) is 5.73. The van der Waals surface area contributed by atoms with Crippen LogP contribution >= 0.6 is 0 Å². The summed E-state index contributed by atoms with van der Waals surface area (Å²) in [6.45, 7) is 1.70. The lowest BCUT2D eigenvalue weighted by atomic mass is 9.74. The van der Waals surface area contributed by atoms with Gasteiger partial charge in [-0.15, -0.1) is 0 Å². The second kappa shape index (κ2) is 9.75. The summed E-state index contributed by atoms with van der Waals surface area (Å²) >= 11 is 0. The monoisotopic (exact) mass is 416 g/mol. The van der Waals surface area contributed by atoms with Crippen molar-refractivity contribution in [2.75, 3.05) is 20.3 Å². The van der Waals surface area contributed by atoms with E-state index in [4.69, 9.17) is 9.47 Å². The van der Waals surface area contributed by atoms with Gasteiger partial charge in [-0.25, -0.2) is 0 Å². The minimum absolute atomic E-state index is 0.0907. The van der Waals surface area contributed by atoms with Gasteiger partial charge in [0.05, 0.1) is 12.5 Å². The summed E-state index contributed by atoms with van der Waals surface area (Å²) in [5.74, 6) is 0.883. The van der Waals surface area contributed by atoms with Crippen molar-refractivity contribution in [1.29, 1.82) is 0 Å². The SMILES string of the molecule is COc1cccc(CNC(=O)C2(Cc3cccc(-c4ccncc4)c3)CCOCC2)c1. The van der Waals surface area contributed by atoms with E-state index >= 15 is 0 Å². The van der Waals surface area contributed by atoms with Crippen LogP contribution < -0.4 is 10.1 Å². The molecule has 1 amide bonds. The van der Waals surface area contributed by atoms with E-state index < -0.39 is 5.41 Å². The van der Waals surface area contributed by atoms with Crippen LogP contribution in [0.4, 0.5) is 0 Å². The van der Waals surface area contributed by atoms with E-state index in [1.54, 1.807) is 19.5 Å². The fourth-order valence-corrected chi connectivity index (χ4v) is 4.19. The molecule has 1 fully saturated rings. The lowest BCUT2D eigenvalue weighted by molar-refractivity contribution is -0.136. The van der Waals surface area contributed by atoms with E-state index in [1.165, 1.54) is 0 Å². The maximum atomic E-state index is 13.4. The van der Waals surface area contributed by atoms with Crippen molar-refractivity contribution in [3.63, 3.8) is 0 Å². The average Bonchev–Trinajstić information content (AvgIpc) is 2.84. The molecule has 1 saturated heterocycles. The van der Waals surface area contributed by atoms with Gasteiger partial charge in [-0.1, -0.05) is 36.4 Å². The summed E-state index contributed by atoms with van der Waals surface area (Å²) < 4.78 is 10.9. The molecule has 0 saturated carbocycles. The summed E-state index contributed by atoms with van der Waals surface area (Å²) in [5.41, 5.74) is 3.98. The van der Waals surface area contributed by atoms with Gasteiger partial charge in [-0.2, -0.15) is 0 Å². The van der Waals surface area contributed by atoms with Gasteiger partial charge in [0, 0.05) is 32.2 Å². The Bertz CT molecular complexity index is 1010. The molecule has 5 heteroatoms. The number of hydrogen-bond donors (Lipinski definition) is 1. The maximum Gasteiger partial charge on any atom is 0.226 e. The molecule has 0 radical (unpaired) electrons. The summed E-state index contributed by atoms with van der Waals surface area (Å²) in [7, 11) is 1.65. The number of amides is 1. The molecule has 1 N–H and O–H groups in total. The van der Waals surface area contributed by atoms with Crippen molar-refractivity contribution in [3.8, 4) is 16.9 Å². The Morgan fingerprint density at radius 2 is 1.74 bits per heavy atom. The first kappa shape index (κ1) is 21.1. The predicted molar refractivity (Wildman–Crippen MR) is 121 cm³/mol. The van der Waals surface area contributed by atoms with Gasteiger partial charge in [0.15, 0.2) is 0 Å². The van der Waals surface area contributed by atoms with Crippen molar-refractivity contribution < 1.29 is 14.3 Å². The Morgan fingerprint density at radius 3 is 2.52 bits per heavy atom. The van der Waals surface area contributed by atoms with Crippen LogP contribution in [0, 0.1) is 5.41 Å². The van der Waals surface area contributed by atoms with Gasteiger partial charge >= 0.3 is 0 Å². The Hall–Kier alpha value is -3.18. The molecule has 3 aromatic rings. The molecule has 0 aliphatic carbocycles. The van der Waals surface area contributed by atoms with Gasteiger partial charge < -0.3 is 14.8 Å². The van der Waals surface area contributed by atoms with Crippen molar-refractivity contribution in [3.05, 3.63) is 84.2 Å². The molecule has 2 aromatic carbocycles. The molecule has 5 nitrogen and oxygen atoms in total. The number of methoxy groups -OCH3 is 1. The number of pyridine rings is 1. The molecular weight excluding hydrogens is 388 g/mol. The molecule has 31 heavy (non-hydrogen) atoms. The van der Waals surface area contributed by atoms with Crippen LogP contribution in [0.5, 0.6) is 5.75 Å². The first-order valence-corrected chi connectivity index (χ1v) is 10.7. The van der Waals surface area contributed by atoms with E-state index in [2.05, 4.69) is 34.6 Å². The van der Waals surface area contributed by atoms with Crippen molar-refractivity contribution in [2.24, 2.45) is 5.41 Å². The van der Waals surface area contributed by atoms with Gasteiger partial charge in [0.1, 0.15) is 5.75 Å². The Kier molecular flexibility index (Phi) is 6.63. The molecular formula is C26H28N2O3. The standard InChI is InChI=1S/C26H28N2O3/c1-30-24-7-3-5-21(17-24)19-28-25(29)26(10-14-31-15-11-26)18-20-4-2-6-23(16-20)22-8-12-27-13-9-22/h2-9,12-13,16-17H,10-11,14-15,18-19H2,1H3,(H,28,29). The Labute approximate surface area is 183 Å². The number of nitrogens with one attached hydrogen (secondary N) is 1. The van der Waals surface area contributed by atoms with Gasteiger partial charge in [0.25, 0.3) is 0 Å². The first-order valence-electron chi connectivity index (χ1n) is 10.7. The van der Waals surface area contributed by atoms with Crippen LogP contribution in [0.3, 0.4) is 0 Å². The minimum atomic E-state index is -0.464. The molecule has 0 atom stereocenters. The van der Waals surface area contributed by atoms with Crippen LogP contribution in [-0.4, -0.2) is 31.2 Å². The van der Waals surface area contributed by atoms with Crippen LogP contribution in [0.25, 0.3) is 11.1 Å². The number of carbonyl (C=O) groups excluding carboxylic acids is 1. The Morgan fingerprint density at radius 1 is 1.00 bits per heavy atom. The van der Waals surface area contributed by atoms with Crippen LogP contribution in [0.1, 0.15) is 24.0 Å². The number of hydrogen-bond acceptors (Lipinski definition) is 4. The van der Waals surface area contributed by atoms with Crippen LogP contribution in [0.15, 0.2) is 73.1 Å². The van der Waals surface area contributed by atoms with E-state index in [9.17, 15) is 4.79 Å². The topological polar surface area (TPSA) is 60.5 Å². The molecule has 0 spiro atoms. The summed E-state index contributed by atoms with van der Waals surface area (Å²) in [4.78, 5) is 17.5. The largest absolute Gasteiger partial charge is 0.497 e. The second-order valence-electron chi connectivity index (χ2n) is 8.04. The van der Waals surface area contributed by atoms with E-state index in [0.29, 0.717) is 26.2 Å². The van der Waals surface area contributed by atoms with Crippen LogP contribution in [0.2, 0.25) is 0 Å². The molecule has 1 aliphatic heterocycles. The van der Waals surface area contributed by atoms with E-state index in [-0.39, 0.29) is 5.91 Å². The fraction of sp³-hybridized carbons (Fsp3) is 0.308. The third-order valence-corrected chi connectivity index (χ3v) is 6.00. The maximum absolute atomic E-state index is 13.4. The zero-order valence-corrected chi connectivity index (χ0v) is 17.8. The van der Waals surface area contributed by atoms with Crippen molar-refractivity contribution in [1.82, 2.24) is 10.3 Å². The van der Waals surface area contributed by atoms with Crippen molar-refractivity contribution in [2.45, 2.75) is 25.8 Å². The molecule has 160 valence electrons. The van der Waals surface area contributed by atoms with Gasteiger partial charge in [-0.3, -0.25) is 9.78 Å². The average molecular weight is 417 g/mol. The zero-order valence-electron chi connectivity index (χ0n) is 17.8. The molecule has 4 rings (SSSR count). The molecule has 1 aliphatic rings. The number of aromatic nitrogens is 1. The fourth-order valence-electron chi connectivity index (χ4n) is 4.19. The summed E-state index contributed by atoms with van der Waals surface area (Å²) in [6, 6.07) is 20.3. The number of carbonyl (C=O) groups is 1. The third kappa shape index (κ3) is 5.12. The highest BCUT2D eigenvalue weighted by atomic mass is 16.5. The first-order chi connectivity index (χ1) is 15.2. The van der Waals surface area contributed by atoms with Crippen LogP contribution in [-0.2, 0) is 22.5 Å². The van der Waals surface area contributed by atoms with E-state index in [1.807, 2.05) is 36.4 Å². The molecule has 0 bridgehead atoms. The third-order valence-electron chi connectivity index (χ3n) is 6.00. The highest BCUT2D eigenvalue weighted by molar-refractivity contribution is 5.83. The van der Waals surface area contributed by atoms with Gasteiger partial charge in [0.2, 0.25) is 5.91 Å². The number of rotatable bonds is 7. The zero-order chi connectivity index (χ0) is 21.5. The number of nitrogens with zero attached hydrogens (tertiary/aromatic N) is 1. The Balaban J connectivity index is 1.52. The van der Waals surface area contributed by atoms with E-state index in [0.717, 1.165) is 40.8 Å². The predicted octanol–water partition coefficient (Wildman–Crippen LogP) is 4.41. The molecule has 0 unspecified atom stereocenters. The van der Waals surface area contributed by atoms with Crippen molar-refractivity contribution >= 4 is 5.91 Å². The lowest BCUT2D eigenvalue weighted by Crippen LogP contribution is -2.45. The lowest BCUT2D eigenvalue weighted by Gasteiger charge is -2.36. The quantitative estimate of drug-likeness (QED) is 0.620. The highest BCUT2D eigenvalue weighted by Crippen LogP contribution is 2.36. The second-order valence-corrected chi connectivity index (χ2v) is 8.04. The smallest absolute Gasteiger partial charge is 0.226 e. The van der Waals surface area contributed by atoms with Gasteiger partial charge in [-0.05, 0) is 65.8 Å². The number of benzene rings is 2. The molecule has 1 aromatic heterocycles. The minimum Gasteiger partial charge on any atom is -0.497 e. The number of ether oxygens (including phenoxy) is 2. The highest BCUT2D eigenvalue weighted by Gasteiger charge is 2.40. The molecule has 2 heterocycles. The summed E-state index contributed by atoms with van der Waals surface area (Å²) in [5, 5.41) is 3.17.